The Balaban J connectivity index is 1.81. The number of alkyl halides is 1. The van der Waals surface area contributed by atoms with Gasteiger partial charge >= 0.3 is 0 Å². The van der Waals surface area contributed by atoms with Gasteiger partial charge in [0.25, 0.3) is 0 Å². The van der Waals surface area contributed by atoms with Gasteiger partial charge in [0.2, 0.25) is 5.91 Å². The van der Waals surface area contributed by atoms with Crippen molar-refractivity contribution in [3.05, 3.63) is 42.2 Å². The van der Waals surface area contributed by atoms with Gasteiger partial charge in [-0.2, -0.15) is 0 Å². The van der Waals surface area contributed by atoms with Crippen LogP contribution in [-0.2, 0) is 4.79 Å². The van der Waals surface area contributed by atoms with E-state index in [1.54, 1.807) is 15.9 Å². The maximum atomic E-state index is 14.5. The Hall–Kier alpha value is -2.28. The third kappa shape index (κ3) is 3.31. The second-order valence-corrected chi connectivity index (χ2v) is 5.62. The molecule has 1 aromatic heterocycles. The number of carbonyl (C=O) groups excluding carboxylic acids is 1. The predicted octanol–water partition coefficient (Wildman–Crippen LogP) is 2.31. The van der Waals surface area contributed by atoms with E-state index in [-0.39, 0.29) is 28.9 Å². The third-order valence-corrected chi connectivity index (χ3v) is 4.16. The Morgan fingerprint density at radius 1 is 1.08 bits per heavy atom. The summed E-state index contributed by atoms with van der Waals surface area (Å²) in [4.78, 5) is 22.8. The van der Waals surface area contributed by atoms with E-state index in [0.29, 0.717) is 26.2 Å². The van der Waals surface area contributed by atoms with Crippen LogP contribution in [0.5, 0.6) is 0 Å². The Labute approximate surface area is 142 Å². The summed E-state index contributed by atoms with van der Waals surface area (Å²) >= 11 is 5.53. The molecule has 0 atom stereocenters. The lowest BCUT2D eigenvalue weighted by molar-refractivity contribution is -0.128. The Bertz CT molecular complexity index is 736. The van der Waals surface area contributed by atoms with Crippen LogP contribution in [0.4, 0.5) is 14.5 Å². The average molecular weight is 353 g/mol. The molecule has 2 aromatic rings. The van der Waals surface area contributed by atoms with Crippen molar-refractivity contribution in [2.24, 2.45) is 0 Å². The number of piperazine rings is 1. The number of anilines is 1. The molecule has 8 heteroatoms. The van der Waals surface area contributed by atoms with Gasteiger partial charge in [-0.1, -0.05) is 0 Å². The normalized spacial score (nSPS) is 14.8. The Kier molecular flexibility index (Phi) is 4.89. The lowest BCUT2D eigenvalue weighted by atomic mass is 10.1. The number of hydrogen-bond acceptors (Lipinski definition) is 4. The molecular weight excluding hydrogens is 338 g/mol. The van der Waals surface area contributed by atoms with Crippen LogP contribution in [0.2, 0.25) is 0 Å². The van der Waals surface area contributed by atoms with Crippen molar-refractivity contribution >= 4 is 23.2 Å². The topological polar surface area (TPSA) is 49.3 Å². The molecule has 1 fully saturated rings. The molecule has 0 saturated carbocycles. The van der Waals surface area contributed by atoms with Gasteiger partial charge in [-0.25, -0.2) is 18.7 Å². The van der Waals surface area contributed by atoms with Gasteiger partial charge in [-0.15, -0.1) is 11.6 Å². The highest BCUT2D eigenvalue weighted by atomic mass is 35.5. The molecule has 1 aliphatic rings. The smallest absolute Gasteiger partial charge is 0.237 e. The van der Waals surface area contributed by atoms with E-state index in [1.165, 1.54) is 12.4 Å². The highest BCUT2D eigenvalue weighted by Crippen LogP contribution is 2.28. The number of nitrogens with zero attached hydrogens (tertiary/aromatic N) is 4. The standard InChI is InChI=1S/C16H15ClF2N4O/c17-10-15(24)23-6-4-22(5-7-23)14-9-12(18)11(8-13(14)19)16-20-2-1-3-21-16/h1-3,8-9H,4-7,10H2. The lowest BCUT2D eigenvalue weighted by Crippen LogP contribution is -2.49. The van der Waals surface area contributed by atoms with Crippen LogP contribution >= 0.6 is 11.6 Å². The minimum atomic E-state index is -0.586. The van der Waals surface area contributed by atoms with Gasteiger partial charge in [0, 0.05) is 44.6 Å². The highest BCUT2D eigenvalue weighted by Gasteiger charge is 2.24. The van der Waals surface area contributed by atoms with Gasteiger partial charge in [0.1, 0.15) is 17.5 Å². The van der Waals surface area contributed by atoms with Crippen molar-refractivity contribution in [1.29, 1.82) is 0 Å². The zero-order valence-corrected chi connectivity index (χ0v) is 13.5. The second-order valence-electron chi connectivity index (χ2n) is 5.36. The van der Waals surface area contributed by atoms with E-state index >= 15 is 0 Å². The van der Waals surface area contributed by atoms with E-state index in [0.717, 1.165) is 12.1 Å². The van der Waals surface area contributed by atoms with E-state index in [1.807, 2.05) is 0 Å². The molecule has 126 valence electrons. The largest absolute Gasteiger partial charge is 0.366 e. The molecule has 2 heterocycles. The quantitative estimate of drug-likeness (QED) is 0.795. The molecule has 0 aliphatic carbocycles. The number of hydrogen-bond donors (Lipinski definition) is 0. The van der Waals surface area contributed by atoms with Crippen molar-refractivity contribution in [2.45, 2.75) is 0 Å². The molecule has 0 spiro atoms. The summed E-state index contributed by atoms with van der Waals surface area (Å²) in [5.41, 5.74) is 0.193. The first kappa shape index (κ1) is 16.6. The number of carbonyl (C=O) groups is 1. The van der Waals surface area contributed by atoms with Crippen LogP contribution < -0.4 is 4.90 Å². The van der Waals surface area contributed by atoms with Crippen LogP contribution in [0, 0.1) is 11.6 Å². The summed E-state index contributed by atoms with van der Waals surface area (Å²) < 4.78 is 28.8. The molecule has 0 unspecified atom stereocenters. The molecular formula is C16H15ClF2N4O. The van der Waals surface area contributed by atoms with Gasteiger partial charge < -0.3 is 9.80 Å². The molecule has 1 aliphatic heterocycles. The van der Waals surface area contributed by atoms with Gasteiger partial charge in [0.15, 0.2) is 5.82 Å². The average Bonchev–Trinajstić information content (AvgIpc) is 2.63. The van der Waals surface area contributed by atoms with E-state index in [2.05, 4.69) is 9.97 Å². The fourth-order valence-electron chi connectivity index (χ4n) is 2.67. The maximum absolute atomic E-state index is 14.5. The molecule has 3 rings (SSSR count). The van der Waals surface area contributed by atoms with Crippen molar-refractivity contribution < 1.29 is 13.6 Å². The van der Waals surface area contributed by atoms with Crippen LogP contribution in [0.15, 0.2) is 30.6 Å². The first-order chi connectivity index (χ1) is 11.6. The van der Waals surface area contributed by atoms with E-state index in [9.17, 15) is 13.6 Å². The highest BCUT2D eigenvalue weighted by molar-refractivity contribution is 6.27. The zero-order valence-electron chi connectivity index (χ0n) is 12.8. The Morgan fingerprint density at radius 2 is 1.75 bits per heavy atom. The van der Waals surface area contributed by atoms with Crippen molar-refractivity contribution in [3.8, 4) is 11.4 Å². The predicted molar refractivity (Wildman–Crippen MR) is 86.9 cm³/mol. The number of benzene rings is 1. The maximum Gasteiger partial charge on any atom is 0.237 e. The van der Waals surface area contributed by atoms with Crippen molar-refractivity contribution in [3.63, 3.8) is 0 Å². The van der Waals surface area contributed by atoms with Crippen molar-refractivity contribution in [2.75, 3.05) is 37.0 Å². The molecule has 0 N–H and O–H groups in total. The van der Waals surface area contributed by atoms with Gasteiger partial charge in [-0.3, -0.25) is 4.79 Å². The summed E-state index contributed by atoms with van der Waals surface area (Å²) in [6.07, 6.45) is 2.95. The van der Waals surface area contributed by atoms with Crippen LogP contribution in [-0.4, -0.2) is 52.8 Å². The fourth-order valence-corrected chi connectivity index (χ4v) is 2.84. The van der Waals surface area contributed by atoms with E-state index < -0.39 is 11.6 Å². The van der Waals surface area contributed by atoms with Crippen molar-refractivity contribution in [1.82, 2.24) is 14.9 Å². The number of aromatic nitrogens is 2. The van der Waals surface area contributed by atoms with Gasteiger partial charge in [0.05, 0.1) is 11.3 Å². The van der Waals surface area contributed by atoms with Gasteiger partial charge in [-0.05, 0) is 12.1 Å². The molecule has 1 saturated heterocycles. The molecule has 1 aromatic carbocycles. The fraction of sp³-hybridized carbons (Fsp3) is 0.312. The first-order valence-corrected chi connectivity index (χ1v) is 7.98. The first-order valence-electron chi connectivity index (χ1n) is 7.45. The number of rotatable bonds is 3. The van der Waals surface area contributed by atoms with Crippen LogP contribution in [0.1, 0.15) is 0 Å². The van der Waals surface area contributed by atoms with E-state index in [4.69, 9.17) is 11.6 Å². The summed E-state index contributed by atoms with van der Waals surface area (Å²) in [6.45, 7) is 1.69. The molecule has 5 nitrogen and oxygen atoms in total. The number of amides is 1. The SMILES string of the molecule is O=C(CCl)N1CCN(c2cc(F)c(-c3ncccn3)cc2F)CC1. The second kappa shape index (κ2) is 7.09. The number of halogens is 3. The van der Waals surface area contributed by atoms with Crippen LogP contribution in [0.3, 0.4) is 0 Å². The molecule has 24 heavy (non-hydrogen) atoms. The lowest BCUT2D eigenvalue weighted by Gasteiger charge is -2.36. The molecule has 0 bridgehead atoms. The summed E-state index contributed by atoms with van der Waals surface area (Å²) in [6, 6.07) is 3.87. The van der Waals surface area contributed by atoms with Crippen LogP contribution in [0.25, 0.3) is 11.4 Å². The molecule has 1 amide bonds. The summed E-state index contributed by atoms with van der Waals surface area (Å²) in [5, 5.41) is 0. The summed E-state index contributed by atoms with van der Waals surface area (Å²) in [7, 11) is 0. The minimum absolute atomic E-state index is 0.0211. The third-order valence-electron chi connectivity index (χ3n) is 3.93. The zero-order chi connectivity index (χ0) is 17.1. The molecule has 0 radical (unpaired) electrons. The minimum Gasteiger partial charge on any atom is -0.366 e. The Morgan fingerprint density at radius 3 is 2.38 bits per heavy atom. The monoisotopic (exact) mass is 352 g/mol. The summed E-state index contributed by atoms with van der Waals surface area (Å²) in [5.74, 6) is -1.22.